The fourth-order valence-electron chi connectivity index (χ4n) is 3.91. The molecule has 4 nitrogen and oxygen atoms in total. The van der Waals surface area contributed by atoms with Crippen molar-refractivity contribution in [3.8, 4) is 0 Å². The van der Waals surface area contributed by atoms with Crippen LogP contribution in [0.1, 0.15) is 17.2 Å². The van der Waals surface area contributed by atoms with E-state index < -0.39 is 0 Å². The predicted molar refractivity (Wildman–Crippen MR) is 102 cm³/mol. The van der Waals surface area contributed by atoms with E-state index in [0.717, 1.165) is 22.0 Å². The van der Waals surface area contributed by atoms with E-state index in [1.54, 1.807) is 6.20 Å². The Bertz CT molecular complexity index is 905. The molecule has 4 heteroatoms. The fraction of sp³-hybridized carbons (Fsp3) is 0.273. The molecule has 1 fully saturated rings. The zero-order valence-corrected chi connectivity index (χ0v) is 14.6. The normalized spacial score (nSPS) is 19.8. The third-order valence-electron chi connectivity index (χ3n) is 5.32. The van der Waals surface area contributed by atoms with Gasteiger partial charge in [-0.3, -0.25) is 9.78 Å². The molecule has 2 heterocycles. The van der Waals surface area contributed by atoms with E-state index in [2.05, 4.69) is 23.2 Å². The Balaban J connectivity index is 1.53. The summed E-state index contributed by atoms with van der Waals surface area (Å²) in [6, 6.07) is 20.1. The summed E-state index contributed by atoms with van der Waals surface area (Å²) < 4.78 is 0. The molecule has 132 valence electrons. The van der Waals surface area contributed by atoms with Crippen LogP contribution in [0, 0.1) is 5.92 Å². The molecule has 0 unspecified atom stereocenters. The van der Waals surface area contributed by atoms with Crippen LogP contribution in [0.3, 0.4) is 0 Å². The average molecular weight is 346 g/mol. The van der Waals surface area contributed by atoms with Gasteiger partial charge in [-0.1, -0.05) is 48.5 Å². The summed E-state index contributed by atoms with van der Waals surface area (Å²) in [6.45, 7) is 1.27. The summed E-state index contributed by atoms with van der Waals surface area (Å²) in [5.41, 5.74) is 2.00. The second-order valence-corrected chi connectivity index (χ2v) is 6.92. The molecule has 2 atom stereocenters. The molecule has 26 heavy (non-hydrogen) atoms. The lowest BCUT2D eigenvalue weighted by Crippen LogP contribution is -2.30. The van der Waals surface area contributed by atoms with Crippen molar-refractivity contribution in [1.29, 1.82) is 0 Å². The molecule has 0 aliphatic carbocycles. The lowest BCUT2D eigenvalue weighted by molar-refractivity contribution is -0.129. The first kappa shape index (κ1) is 16.7. The van der Waals surface area contributed by atoms with Gasteiger partial charge < -0.3 is 10.0 Å². The summed E-state index contributed by atoms with van der Waals surface area (Å²) in [4.78, 5) is 19.2. The molecule has 4 rings (SSSR count). The minimum atomic E-state index is 0.0429. The number of nitrogens with zero attached hydrogens (tertiary/aromatic N) is 2. The van der Waals surface area contributed by atoms with Gasteiger partial charge in [-0.15, -0.1) is 0 Å². The number of carbonyl (C=O) groups is 1. The molecule has 1 amide bonds. The molecule has 1 aliphatic rings. The maximum atomic E-state index is 12.9. The largest absolute Gasteiger partial charge is 0.396 e. The van der Waals surface area contributed by atoms with Crippen molar-refractivity contribution in [3.63, 3.8) is 0 Å². The number of aliphatic hydroxyl groups excluding tert-OH is 1. The second-order valence-electron chi connectivity index (χ2n) is 6.92. The van der Waals surface area contributed by atoms with E-state index >= 15 is 0 Å². The van der Waals surface area contributed by atoms with E-state index in [4.69, 9.17) is 0 Å². The fourth-order valence-corrected chi connectivity index (χ4v) is 3.91. The molecule has 1 saturated heterocycles. The Hall–Kier alpha value is -2.72. The van der Waals surface area contributed by atoms with Crippen molar-refractivity contribution in [2.75, 3.05) is 19.7 Å². The molecule has 0 saturated carbocycles. The molecule has 1 aromatic heterocycles. The summed E-state index contributed by atoms with van der Waals surface area (Å²) in [7, 11) is 0. The van der Waals surface area contributed by atoms with Gasteiger partial charge in [0.1, 0.15) is 0 Å². The summed E-state index contributed by atoms with van der Waals surface area (Å²) in [5, 5.41) is 12.0. The van der Waals surface area contributed by atoms with Crippen molar-refractivity contribution in [2.24, 2.45) is 5.92 Å². The number of aromatic nitrogens is 1. The highest BCUT2D eigenvalue weighted by Crippen LogP contribution is 2.32. The molecular weight excluding hydrogens is 324 g/mol. The number of hydrogen-bond donors (Lipinski definition) is 1. The highest BCUT2D eigenvalue weighted by Gasteiger charge is 2.36. The lowest BCUT2D eigenvalue weighted by Gasteiger charge is -2.17. The Morgan fingerprint density at radius 3 is 2.65 bits per heavy atom. The number of likely N-dealkylation sites (tertiary alicyclic amines) is 1. The molecule has 1 aliphatic heterocycles. The number of aliphatic hydroxyl groups is 1. The Labute approximate surface area is 153 Å². The first-order valence-corrected chi connectivity index (χ1v) is 9.02. The molecule has 3 aromatic rings. The lowest BCUT2D eigenvalue weighted by atomic mass is 9.93. The second kappa shape index (κ2) is 7.26. The van der Waals surface area contributed by atoms with E-state index in [1.807, 2.05) is 47.4 Å². The third kappa shape index (κ3) is 3.20. The number of fused-ring (bicyclic) bond motifs is 1. The van der Waals surface area contributed by atoms with Gasteiger partial charge in [0.2, 0.25) is 5.91 Å². The molecule has 0 spiro atoms. The van der Waals surface area contributed by atoms with Crippen molar-refractivity contribution in [3.05, 3.63) is 78.1 Å². The van der Waals surface area contributed by atoms with Crippen molar-refractivity contribution in [1.82, 2.24) is 9.88 Å². The SMILES string of the molecule is O=C(Cc1cccc2ccccc12)N1C[C@@H](CO)[C@H](c2ccccn2)C1. The quantitative estimate of drug-likeness (QED) is 0.790. The third-order valence-corrected chi connectivity index (χ3v) is 5.32. The van der Waals surface area contributed by atoms with Gasteiger partial charge in [-0.05, 0) is 28.5 Å². The summed E-state index contributed by atoms with van der Waals surface area (Å²) in [5.74, 6) is 0.247. The van der Waals surface area contributed by atoms with E-state index in [1.165, 1.54) is 0 Å². The van der Waals surface area contributed by atoms with Crippen LogP contribution in [0.15, 0.2) is 66.9 Å². The molecule has 0 radical (unpaired) electrons. The first-order valence-electron chi connectivity index (χ1n) is 9.02. The highest BCUT2D eigenvalue weighted by atomic mass is 16.3. The number of benzene rings is 2. The standard InChI is InChI=1S/C22H22N2O2/c25-15-18-13-24(14-20(18)21-10-3-4-11-23-21)22(26)12-17-8-5-7-16-6-1-2-9-19(16)17/h1-11,18,20,25H,12-15H2/t18-,20+/m0/s1. The molecule has 0 bridgehead atoms. The Morgan fingerprint density at radius 2 is 1.85 bits per heavy atom. The van der Waals surface area contributed by atoms with E-state index in [0.29, 0.717) is 19.5 Å². The Kier molecular flexibility index (Phi) is 4.67. The number of pyridine rings is 1. The van der Waals surface area contributed by atoms with Crippen LogP contribution in [0.5, 0.6) is 0 Å². The first-order chi connectivity index (χ1) is 12.8. The van der Waals surface area contributed by atoms with Gasteiger partial charge in [-0.2, -0.15) is 0 Å². The van der Waals surface area contributed by atoms with Crippen LogP contribution >= 0.6 is 0 Å². The average Bonchev–Trinajstić information content (AvgIpc) is 3.14. The maximum Gasteiger partial charge on any atom is 0.227 e. The monoisotopic (exact) mass is 346 g/mol. The topological polar surface area (TPSA) is 53.4 Å². The minimum absolute atomic E-state index is 0.0429. The summed E-state index contributed by atoms with van der Waals surface area (Å²) >= 11 is 0. The Morgan fingerprint density at radius 1 is 1.04 bits per heavy atom. The van der Waals surface area contributed by atoms with Crippen molar-refractivity contribution in [2.45, 2.75) is 12.3 Å². The van der Waals surface area contributed by atoms with E-state index in [9.17, 15) is 9.90 Å². The minimum Gasteiger partial charge on any atom is -0.396 e. The number of amides is 1. The van der Waals surface area contributed by atoms with Crippen molar-refractivity contribution < 1.29 is 9.90 Å². The van der Waals surface area contributed by atoms with Crippen LogP contribution in [0.25, 0.3) is 10.8 Å². The van der Waals surface area contributed by atoms with Crippen LogP contribution in [0.4, 0.5) is 0 Å². The zero-order chi connectivity index (χ0) is 17.9. The van der Waals surface area contributed by atoms with Gasteiger partial charge in [0.25, 0.3) is 0 Å². The predicted octanol–water partition coefficient (Wildman–Crippen LogP) is 3.01. The number of carbonyl (C=O) groups excluding carboxylic acids is 1. The molecule has 2 aromatic carbocycles. The maximum absolute atomic E-state index is 12.9. The van der Waals surface area contributed by atoms with Crippen molar-refractivity contribution >= 4 is 16.7 Å². The van der Waals surface area contributed by atoms with Crippen LogP contribution in [-0.4, -0.2) is 40.6 Å². The van der Waals surface area contributed by atoms with Crippen LogP contribution in [0.2, 0.25) is 0 Å². The summed E-state index contributed by atoms with van der Waals surface area (Å²) in [6.07, 6.45) is 2.15. The van der Waals surface area contributed by atoms with Gasteiger partial charge in [0, 0.05) is 43.4 Å². The zero-order valence-electron chi connectivity index (χ0n) is 14.6. The van der Waals surface area contributed by atoms with Gasteiger partial charge in [0.15, 0.2) is 0 Å². The molecular formula is C22H22N2O2. The van der Waals surface area contributed by atoms with Gasteiger partial charge >= 0.3 is 0 Å². The van der Waals surface area contributed by atoms with Crippen LogP contribution < -0.4 is 0 Å². The van der Waals surface area contributed by atoms with E-state index in [-0.39, 0.29) is 24.3 Å². The van der Waals surface area contributed by atoms with Crippen LogP contribution in [-0.2, 0) is 11.2 Å². The van der Waals surface area contributed by atoms with Gasteiger partial charge in [0.05, 0.1) is 6.42 Å². The number of hydrogen-bond acceptors (Lipinski definition) is 3. The molecule has 1 N–H and O–H groups in total. The highest BCUT2D eigenvalue weighted by molar-refractivity contribution is 5.90. The smallest absolute Gasteiger partial charge is 0.227 e. The van der Waals surface area contributed by atoms with Gasteiger partial charge in [-0.25, -0.2) is 0 Å². The number of rotatable bonds is 4.